The highest BCUT2D eigenvalue weighted by Crippen LogP contribution is 2.19. The first-order chi connectivity index (χ1) is 4.24. The van der Waals surface area contributed by atoms with E-state index in [0.29, 0.717) is 0 Å². The van der Waals surface area contributed by atoms with Gasteiger partial charge in [0.25, 0.3) is 0 Å². The van der Waals surface area contributed by atoms with Crippen LogP contribution in [-0.2, 0) is 0 Å². The van der Waals surface area contributed by atoms with Crippen LogP contribution >= 0.6 is 11.5 Å². The van der Waals surface area contributed by atoms with E-state index in [1.165, 1.54) is 0 Å². The Bertz CT molecular complexity index is 111. The van der Waals surface area contributed by atoms with Gasteiger partial charge in [-0.25, -0.2) is 0 Å². The van der Waals surface area contributed by atoms with E-state index >= 15 is 0 Å². The first-order valence-electron chi connectivity index (χ1n) is 2.48. The Morgan fingerprint density at radius 2 is 1.44 bits per heavy atom. The predicted octanol–water partition coefficient (Wildman–Crippen LogP) is 2.31. The summed E-state index contributed by atoms with van der Waals surface area (Å²) in [5, 5.41) is 0. The Morgan fingerprint density at radius 3 is 1.44 bits per heavy atom. The van der Waals surface area contributed by atoms with Gasteiger partial charge in [-0.15, -0.1) is 19.7 Å². The van der Waals surface area contributed by atoms with Crippen LogP contribution in [0.5, 0.6) is 0 Å². The summed E-state index contributed by atoms with van der Waals surface area (Å²) >= 11 is 0.802. The van der Waals surface area contributed by atoms with E-state index in [1.807, 2.05) is 0 Å². The van der Waals surface area contributed by atoms with E-state index in [4.69, 9.17) is 4.55 Å². The Hall–Kier alpha value is -0.253. The highest BCUT2D eigenvalue weighted by atomic mass is 32.4. The average Bonchev–Trinajstić information content (AvgIpc) is 1.95. The SMILES string of the molecule is C=C[Si](C=C)(C=C)SO. The summed E-state index contributed by atoms with van der Waals surface area (Å²) in [5.41, 5.74) is 5.16. The van der Waals surface area contributed by atoms with E-state index in [-0.39, 0.29) is 0 Å². The summed E-state index contributed by atoms with van der Waals surface area (Å²) in [4.78, 5) is 0. The minimum atomic E-state index is -1.93. The second-order valence-electron chi connectivity index (χ2n) is 1.56. The molecule has 1 N–H and O–H groups in total. The molecule has 0 aromatic carbocycles. The molecular weight excluding hydrogens is 148 g/mol. The Morgan fingerprint density at radius 1 is 1.11 bits per heavy atom. The van der Waals surface area contributed by atoms with Gasteiger partial charge in [-0.05, 0) is 11.5 Å². The molecule has 0 rings (SSSR count). The molecule has 0 aromatic heterocycles. The molecule has 0 bridgehead atoms. The van der Waals surface area contributed by atoms with E-state index in [9.17, 15) is 0 Å². The highest BCUT2D eigenvalue weighted by Gasteiger charge is 2.21. The van der Waals surface area contributed by atoms with Gasteiger partial charge in [-0.2, -0.15) is 0 Å². The zero-order valence-electron chi connectivity index (χ0n) is 5.21. The predicted molar refractivity (Wildman–Crippen MR) is 46.6 cm³/mol. The second kappa shape index (κ2) is 3.71. The lowest BCUT2D eigenvalue weighted by atomic mass is 11.2. The zero-order valence-corrected chi connectivity index (χ0v) is 7.03. The minimum Gasteiger partial charge on any atom is -0.336 e. The lowest BCUT2D eigenvalue weighted by molar-refractivity contribution is 0.674. The third kappa shape index (κ3) is 1.85. The van der Waals surface area contributed by atoms with Gasteiger partial charge in [0.05, 0.1) is 0 Å². The summed E-state index contributed by atoms with van der Waals surface area (Å²) in [6.07, 6.45) is 0. The number of hydrogen-bond donors (Lipinski definition) is 1. The van der Waals surface area contributed by atoms with E-state index in [0.717, 1.165) is 11.5 Å². The molecule has 0 heterocycles. The third-order valence-electron chi connectivity index (χ3n) is 1.12. The van der Waals surface area contributed by atoms with Crippen LogP contribution in [0.4, 0.5) is 0 Å². The van der Waals surface area contributed by atoms with Gasteiger partial charge in [0.15, 0.2) is 0 Å². The maximum Gasteiger partial charge on any atom is 0.220 e. The summed E-state index contributed by atoms with van der Waals surface area (Å²) < 4.78 is 8.74. The van der Waals surface area contributed by atoms with Crippen LogP contribution in [0, 0.1) is 0 Å². The van der Waals surface area contributed by atoms with Crippen molar-refractivity contribution in [2.75, 3.05) is 0 Å². The maximum absolute atomic E-state index is 8.74. The van der Waals surface area contributed by atoms with Crippen LogP contribution < -0.4 is 0 Å². The number of hydrogen-bond acceptors (Lipinski definition) is 2. The van der Waals surface area contributed by atoms with Crippen molar-refractivity contribution < 1.29 is 4.55 Å². The van der Waals surface area contributed by atoms with Gasteiger partial charge >= 0.3 is 0 Å². The Labute approximate surface area is 60.6 Å². The fourth-order valence-corrected chi connectivity index (χ4v) is 1.76. The van der Waals surface area contributed by atoms with Crippen molar-refractivity contribution in [3.05, 3.63) is 36.8 Å². The zero-order chi connectivity index (χ0) is 7.33. The molecule has 50 valence electrons. The van der Waals surface area contributed by atoms with Gasteiger partial charge < -0.3 is 4.55 Å². The van der Waals surface area contributed by atoms with Crippen molar-refractivity contribution in [1.82, 2.24) is 0 Å². The molecule has 3 heteroatoms. The van der Waals surface area contributed by atoms with Gasteiger partial charge in [0.1, 0.15) is 0 Å². The molecule has 0 aliphatic carbocycles. The lowest BCUT2D eigenvalue weighted by Gasteiger charge is -2.11. The first-order valence-corrected chi connectivity index (χ1v) is 6.21. The summed E-state index contributed by atoms with van der Waals surface area (Å²) in [6.45, 7) is 10.8. The fourth-order valence-electron chi connectivity index (χ4n) is 0.362. The lowest BCUT2D eigenvalue weighted by Crippen LogP contribution is -2.20. The molecular formula is C6H10OSSi. The van der Waals surface area contributed by atoms with Crippen LogP contribution in [0.1, 0.15) is 0 Å². The molecule has 0 saturated carbocycles. The smallest absolute Gasteiger partial charge is 0.220 e. The van der Waals surface area contributed by atoms with Crippen molar-refractivity contribution in [2.45, 2.75) is 0 Å². The highest BCUT2D eigenvalue weighted by molar-refractivity contribution is 8.26. The summed E-state index contributed by atoms with van der Waals surface area (Å²) in [6, 6.07) is 0. The molecule has 0 fully saturated rings. The third-order valence-corrected chi connectivity index (χ3v) is 5.79. The molecule has 1 nitrogen and oxygen atoms in total. The molecule has 0 amide bonds. The summed E-state index contributed by atoms with van der Waals surface area (Å²) in [7, 11) is -1.93. The van der Waals surface area contributed by atoms with E-state index in [1.54, 1.807) is 17.1 Å². The van der Waals surface area contributed by atoms with Crippen molar-refractivity contribution in [3.63, 3.8) is 0 Å². The van der Waals surface area contributed by atoms with Gasteiger partial charge in [-0.1, -0.05) is 17.1 Å². The minimum absolute atomic E-state index is 0.802. The fraction of sp³-hybridized carbons (Fsp3) is 0. The van der Waals surface area contributed by atoms with Crippen LogP contribution in [0.2, 0.25) is 0 Å². The van der Waals surface area contributed by atoms with Crippen LogP contribution in [0.15, 0.2) is 36.8 Å². The molecule has 0 atom stereocenters. The van der Waals surface area contributed by atoms with Crippen LogP contribution in [0.25, 0.3) is 0 Å². The Kier molecular flexibility index (Phi) is 3.61. The molecule has 9 heavy (non-hydrogen) atoms. The van der Waals surface area contributed by atoms with E-state index < -0.39 is 7.22 Å². The molecule has 0 saturated heterocycles. The quantitative estimate of drug-likeness (QED) is 0.500. The largest absolute Gasteiger partial charge is 0.336 e. The van der Waals surface area contributed by atoms with Crippen LogP contribution in [0.3, 0.4) is 0 Å². The molecule has 0 aromatic rings. The first kappa shape index (κ1) is 8.75. The second-order valence-corrected chi connectivity index (χ2v) is 7.34. The van der Waals surface area contributed by atoms with Crippen molar-refractivity contribution >= 4 is 18.7 Å². The molecule has 0 aliphatic heterocycles. The number of rotatable bonds is 4. The molecule has 0 radical (unpaired) electrons. The topological polar surface area (TPSA) is 20.2 Å². The monoisotopic (exact) mass is 158 g/mol. The molecule has 0 spiro atoms. The molecule has 0 aliphatic rings. The van der Waals surface area contributed by atoms with E-state index in [2.05, 4.69) is 19.7 Å². The van der Waals surface area contributed by atoms with Crippen LogP contribution in [-0.4, -0.2) is 11.8 Å². The normalized spacial score (nSPS) is 10.3. The van der Waals surface area contributed by atoms with Crippen molar-refractivity contribution in [3.8, 4) is 0 Å². The van der Waals surface area contributed by atoms with Gasteiger partial charge in [-0.3, -0.25) is 0 Å². The molecule has 0 unspecified atom stereocenters. The van der Waals surface area contributed by atoms with Crippen molar-refractivity contribution in [1.29, 1.82) is 0 Å². The Balaban J connectivity index is 4.34. The standard InChI is InChI=1S/C6H10OSSi/c1-4-9(5-2,6-3)8-7/h4-7H,1-3H2. The summed E-state index contributed by atoms with van der Waals surface area (Å²) in [5.74, 6) is 0. The van der Waals surface area contributed by atoms with Gasteiger partial charge in [0, 0.05) is 0 Å². The van der Waals surface area contributed by atoms with Gasteiger partial charge in [0.2, 0.25) is 7.22 Å². The maximum atomic E-state index is 8.74. The van der Waals surface area contributed by atoms with Crippen molar-refractivity contribution in [2.24, 2.45) is 0 Å². The average molecular weight is 158 g/mol.